The molecule has 10 nitrogen and oxygen atoms in total. The number of amides is 2. The van der Waals surface area contributed by atoms with Crippen LogP contribution in [0.2, 0.25) is 0 Å². The van der Waals surface area contributed by atoms with Gasteiger partial charge in [0.2, 0.25) is 5.91 Å². The summed E-state index contributed by atoms with van der Waals surface area (Å²) < 4.78 is 43.3. The quantitative estimate of drug-likeness (QED) is 0.116. The SMILES string of the molecule is C/C(=C\NCCCCN(N)/C=C(\N)C(=O)NCC1COC1)C(=O)NCc1cc(C(F)(F)F)ccn1. The van der Waals surface area contributed by atoms with Crippen molar-refractivity contribution in [2.24, 2.45) is 17.5 Å². The van der Waals surface area contributed by atoms with Gasteiger partial charge in [-0.05, 0) is 31.9 Å². The van der Waals surface area contributed by atoms with Crippen molar-refractivity contribution in [3.8, 4) is 0 Å². The number of ether oxygens (including phenoxy) is 1. The lowest BCUT2D eigenvalue weighted by Gasteiger charge is -2.26. The van der Waals surface area contributed by atoms with Crippen LogP contribution in [0.5, 0.6) is 0 Å². The number of carbonyl (C=O) groups is 2. The zero-order chi connectivity index (χ0) is 25.8. The molecule has 0 radical (unpaired) electrons. The predicted octanol–water partition coefficient (Wildman–Crippen LogP) is 0.729. The lowest BCUT2D eigenvalue weighted by atomic mass is 10.1. The number of rotatable bonds is 13. The second-order valence-electron chi connectivity index (χ2n) is 8.14. The van der Waals surface area contributed by atoms with Gasteiger partial charge in [0.05, 0.1) is 31.0 Å². The van der Waals surface area contributed by atoms with E-state index in [0.29, 0.717) is 50.8 Å². The van der Waals surface area contributed by atoms with E-state index in [-0.39, 0.29) is 23.8 Å². The Kier molecular flexibility index (Phi) is 10.8. The van der Waals surface area contributed by atoms with Crippen molar-refractivity contribution in [1.82, 2.24) is 25.9 Å². The number of nitrogens with one attached hydrogen (secondary N) is 3. The second kappa shape index (κ2) is 13.5. The average molecular weight is 500 g/mol. The van der Waals surface area contributed by atoms with E-state index in [1.54, 1.807) is 6.92 Å². The summed E-state index contributed by atoms with van der Waals surface area (Å²) in [5.74, 6) is 5.37. The average Bonchev–Trinajstić information content (AvgIpc) is 2.77. The highest BCUT2D eigenvalue weighted by atomic mass is 19.4. The summed E-state index contributed by atoms with van der Waals surface area (Å²) in [6, 6.07) is 1.78. The molecule has 1 fully saturated rings. The van der Waals surface area contributed by atoms with E-state index in [4.69, 9.17) is 16.3 Å². The lowest BCUT2D eigenvalue weighted by molar-refractivity contribution is -0.137. The van der Waals surface area contributed by atoms with E-state index in [1.807, 2.05) is 0 Å². The van der Waals surface area contributed by atoms with Crippen molar-refractivity contribution in [2.75, 3.05) is 32.8 Å². The van der Waals surface area contributed by atoms with E-state index in [9.17, 15) is 22.8 Å². The third-order valence-corrected chi connectivity index (χ3v) is 5.06. The number of hydrogen-bond donors (Lipinski definition) is 5. The van der Waals surface area contributed by atoms with Crippen LogP contribution in [-0.2, 0) is 27.0 Å². The van der Waals surface area contributed by atoms with Gasteiger partial charge in [-0.2, -0.15) is 13.2 Å². The first-order chi connectivity index (χ1) is 16.6. The van der Waals surface area contributed by atoms with E-state index in [0.717, 1.165) is 24.8 Å². The smallest absolute Gasteiger partial charge is 0.393 e. The molecular formula is C22H32F3N7O3. The van der Waals surface area contributed by atoms with Crippen LogP contribution in [-0.4, -0.2) is 54.7 Å². The van der Waals surface area contributed by atoms with E-state index >= 15 is 0 Å². The first-order valence-corrected chi connectivity index (χ1v) is 11.1. The lowest BCUT2D eigenvalue weighted by Crippen LogP contribution is -2.41. The predicted molar refractivity (Wildman–Crippen MR) is 123 cm³/mol. The van der Waals surface area contributed by atoms with Crippen molar-refractivity contribution >= 4 is 11.8 Å². The maximum Gasteiger partial charge on any atom is 0.416 e. The number of aromatic nitrogens is 1. The number of nitrogens with two attached hydrogens (primary N) is 2. The van der Waals surface area contributed by atoms with Crippen molar-refractivity contribution in [3.05, 3.63) is 53.3 Å². The van der Waals surface area contributed by atoms with Crippen molar-refractivity contribution < 1.29 is 27.5 Å². The molecule has 0 aromatic carbocycles. The number of pyridine rings is 1. The Hall–Kier alpha value is -3.32. The van der Waals surface area contributed by atoms with Crippen LogP contribution in [0.3, 0.4) is 0 Å². The molecule has 13 heteroatoms. The van der Waals surface area contributed by atoms with Gasteiger partial charge in [0.25, 0.3) is 5.91 Å². The number of nitrogens with zero attached hydrogens (tertiary/aromatic N) is 2. The van der Waals surface area contributed by atoms with Gasteiger partial charge in [-0.3, -0.25) is 14.6 Å². The Morgan fingerprint density at radius 1 is 1.26 bits per heavy atom. The molecular weight excluding hydrogens is 467 g/mol. The van der Waals surface area contributed by atoms with Crippen molar-refractivity contribution in [1.29, 1.82) is 0 Å². The van der Waals surface area contributed by atoms with Crippen LogP contribution in [0.1, 0.15) is 31.0 Å². The Morgan fingerprint density at radius 2 is 2.00 bits per heavy atom. The molecule has 1 aromatic rings. The zero-order valence-corrected chi connectivity index (χ0v) is 19.5. The Morgan fingerprint density at radius 3 is 2.66 bits per heavy atom. The van der Waals surface area contributed by atoms with Gasteiger partial charge in [-0.25, -0.2) is 5.84 Å². The third-order valence-electron chi connectivity index (χ3n) is 5.06. The standard InChI is InChI=1S/C22H32F3N7O3/c1-15(20(33)31-11-18-8-17(4-6-29-18)22(23,24)25)9-28-5-2-3-7-32(27)12-19(26)21(34)30-10-16-13-35-14-16/h4,6,8-9,12,16,28H,2-3,5,7,10-11,13-14,26-27H2,1H3,(H,30,34)(H,31,33)/b15-9+,19-12-. The molecule has 0 bridgehead atoms. The number of unbranched alkanes of at least 4 members (excludes halogenated alkanes) is 1. The van der Waals surface area contributed by atoms with Crippen molar-refractivity contribution in [2.45, 2.75) is 32.5 Å². The molecule has 1 aliphatic rings. The van der Waals surface area contributed by atoms with Gasteiger partial charge in [0, 0.05) is 49.7 Å². The fraction of sp³-hybridized carbons (Fsp3) is 0.500. The van der Waals surface area contributed by atoms with Gasteiger partial charge in [-0.1, -0.05) is 0 Å². The summed E-state index contributed by atoms with van der Waals surface area (Å²) in [6.07, 6.45) is 0.939. The maximum atomic E-state index is 12.8. The summed E-state index contributed by atoms with van der Waals surface area (Å²) in [5.41, 5.74) is 5.44. The van der Waals surface area contributed by atoms with E-state index < -0.39 is 17.6 Å². The van der Waals surface area contributed by atoms with Gasteiger partial charge in [0.1, 0.15) is 5.70 Å². The van der Waals surface area contributed by atoms with E-state index in [1.165, 1.54) is 17.4 Å². The number of alkyl halides is 3. The molecule has 1 aromatic heterocycles. The fourth-order valence-electron chi connectivity index (χ4n) is 2.92. The monoisotopic (exact) mass is 499 g/mol. The minimum atomic E-state index is -4.47. The minimum absolute atomic E-state index is 0.0239. The molecule has 0 unspecified atom stereocenters. The Labute approximate surface area is 201 Å². The maximum absolute atomic E-state index is 12.8. The number of hydrogen-bond acceptors (Lipinski definition) is 8. The molecule has 2 rings (SSSR count). The van der Waals surface area contributed by atoms with E-state index in [2.05, 4.69) is 20.9 Å². The normalized spacial score (nSPS) is 14.8. The summed E-state index contributed by atoms with van der Waals surface area (Å²) >= 11 is 0. The molecule has 2 heterocycles. The highest BCUT2D eigenvalue weighted by Gasteiger charge is 2.30. The molecule has 1 aliphatic heterocycles. The largest absolute Gasteiger partial charge is 0.416 e. The topological polar surface area (TPSA) is 148 Å². The van der Waals surface area contributed by atoms with Crippen molar-refractivity contribution in [3.63, 3.8) is 0 Å². The molecule has 194 valence electrons. The van der Waals surface area contributed by atoms with Gasteiger partial charge in [-0.15, -0.1) is 0 Å². The minimum Gasteiger partial charge on any atom is -0.393 e. The van der Waals surface area contributed by atoms with Crippen LogP contribution in [0.4, 0.5) is 13.2 Å². The molecule has 0 spiro atoms. The molecule has 0 atom stereocenters. The van der Waals surface area contributed by atoms with Crippen LogP contribution >= 0.6 is 0 Å². The number of halogens is 3. The highest BCUT2D eigenvalue weighted by Crippen LogP contribution is 2.28. The second-order valence-corrected chi connectivity index (χ2v) is 8.14. The van der Waals surface area contributed by atoms with Crippen LogP contribution in [0.25, 0.3) is 0 Å². The molecule has 7 N–H and O–H groups in total. The third kappa shape index (κ3) is 10.2. The van der Waals surface area contributed by atoms with Crippen LogP contribution in [0, 0.1) is 5.92 Å². The summed E-state index contributed by atoms with van der Waals surface area (Å²) in [4.78, 5) is 27.9. The zero-order valence-electron chi connectivity index (χ0n) is 19.5. The molecule has 1 saturated heterocycles. The van der Waals surface area contributed by atoms with Gasteiger partial charge < -0.3 is 31.4 Å². The van der Waals surface area contributed by atoms with Crippen LogP contribution in [0.15, 0.2) is 42.0 Å². The Balaban J connectivity index is 1.61. The fourth-order valence-corrected chi connectivity index (χ4v) is 2.92. The molecule has 0 aliphatic carbocycles. The molecule has 0 saturated carbocycles. The van der Waals surface area contributed by atoms with Gasteiger partial charge in [0.15, 0.2) is 0 Å². The highest BCUT2D eigenvalue weighted by molar-refractivity contribution is 5.92. The first-order valence-electron chi connectivity index (χ1n) is 11.1. The summed E-state index contributed by atoms with van der Waals surface area (Å²) in [5, 5.41) is 9.61. The number of hydrazine groups is 1. The molecule has 2 amide bonds. The van der Waals surface area contributed by atoms with Crippen LogP contribution < -0.4 is 27.5 Å². The Bertz CT molecular complexity index is 918. The molecule has 35 heavy (non-hydrogen) atoms. The first kappa shape index (κ1) is 27.9. The summed E-state index contributed by atoms with van der Waals surface area (Å²) in [6.45, 7) is 4.28. The number of carbonyl (C=O) groups excluding carboxylic acids is 2. The van der Waals surface area contributed by atoms with Gasteiger partial charge >= 0.3 is 6.18 Å². The summed E-state index contributed by atoms with van der Waals surface area (Å²) in [7, 11) is 0.